The van der Waals surface area contributed by atoms with Crippen LogP contribution in [0.5, 0.6) is 0 Å². The van der Waals surface area contributed by atoms with Crippen LogP contribution in [0.15, 0.2) is 54.7 Å². The number of carbonyl (C=O) groups excluding carboxylic acids is 1. The number of nitrogens with zero attached hydrogens (tertiary/aromatic N) is 3. The molecule has 1 fully saturated rings. The highest BCUT2D eigenvalue weighted by Gasteiger charge is 2.30. The molecule has 0 aliphatic carbocycles. The monoisotopic (exact) mass is 373 g/mol. The molecule has 1 aromatic carbocycles. The Morgan fingerprint density at radius 3 is 2.46 bits per heavy atom. The topological polar surface area (TPSA) is 70.6 Å². The van der Waals surface area contributed by atoms with Crippen LogP contribution in [-0.4, -0.2) is 60.9 Å². The number of carbonyl (C=O) groups is 1. The number of pyridine rings is 1. The van der Waals surface area contributed by atoms with Gasteiger partial charge < -0.3 is 4.90 Å². The number of sulfonamides is 1. The Labute approximate surface area is 154 Å². The number of hydrogen-bond acceptors (Lipinski definition) is 4. The third-order valence-electron chi connectivity index (χ3n) is 4.56. The third kappa shape index (κ3) is 4.68. The van der Waals surface area contributed by atoms with Crippen LogP contribution in [0, 0.1) is 5.92 Å². The van der Waals surface area contributed by atoms with Gasteiger partial charge in [0.25, 0.3) is 5.91 Å². The second kappa shape index (κ2) is 7.97. The van der Waals surface area contributed by atoms with Gasteiger partial charge in [-0.25, -0.2) is 12.7 Å². The van der Waals surface area contributed by atoms with E-state index >= 15 is 0 Å². The van der Waals surface area contributed by atoms with Crippen molar-refractivity contribution in [2.45, 2.75) is 6.42 Å². The molecule has 0 saturated carbocycles. The SMILES string of the molecule is CS(=O)(=O)N1CCN(C(=O)c2ccccc2)C[C@@H](Cc2ccccn2)C1. The molecule has 0 bridgehead atoms. The van der Waals surface area contributed by atoms with E-state index in [1.807, 2.05) is 36.4 Å². The fourth-order valence-electron chi connectivity index (χ4n) is 3.26. The Balaban J connectivity index is 1.82. The zero-order chi connectivity index (χ0) is 18.6. The summed E-state index contributed by atoms with van der Waals surface area (Å²) in [5.41, 5.74) is 1.52. The molecule has 7 heteroatoms. The van der Waals surface area contributed by atoms with Gasteiger partial charge in [-0.3, -0.25) is 9.78 Å². The number of amides is 1. The Bertz CT molecular complexity index is 841. The summed E-state index contributed by atoms with van der Waals surface area (Å²) in [5.74, 6) is -0.0678. The van der Waals surface area contributed by atoms with Crippen LogP contribution < -0.4 is 0 Å². The van der Waals surface area contributed by atoms with E-state index in [0.717, 1.165) is 5.69 Å². The summed E-state index contributed by atoms with van der Waals surface area (Å²) in [4.78, 5) is 19.0. The van der Waals surface area contributed by atoms with Gasteiger partial charge in [0, 0.05) is 43.6 Å². The first-order valence-corrected chi connectivity index (χ1v) is 10.5. The molecule has 6 nitrogen and oxygen atoms in total. The minimum atomic E-state index is -3.31. The van der Waals surface area contributed by atoms with Crippen molar-refractivity contribution in [3.8, 4) is 0 Å². The smallest absolute Gasteiger partial charge is 0.253 e. The highest BCUT2D eigenvalue weighted by Crippen LogP contribution is 2.18. The molecule has 1 atom stereocenters. The Morgan fingerprint density at radius 1 is 1.08 bits per heavy atom. The summed E-state index contributed by atoms with van der Waals surface area (Å²) in [6.07, 6.45) is 3.58. The van der Waals surface area contributed by atoms with Gasteiger partial charge in [0.2, 0.25) is 10.0 Å². The first-order chi connectivity index (χ1) is 12.4. The van der Waals surface area contributed by atoms with Gasteiger partial charge in [-0.05, 0) is 36.6 Å². The number of rotatable bonds is 4. The van der Waals surface area contributed by atoms with Crippen molar-refractivity contribution < 1.29 is 13.2 Å². The molecule has 1 aliphatic rings. The summed E-state index contributed by atoms with van der Waals surface area (Å²) < 4.78 is 25.7. The van der Waals surface area contributed by atoms with Crippen LogP contribution >= 0.6 is 0 Å². The number of benzene rings is 1. The minimum Gasteiger partial charge on any atom is -0.337 e. The standard InChI is InChI=1S/C19H23N3O3S/c1-26(24,25)22-12-11-21(19(23)17-7-3-2-4-8-17)14-16(15-22)13-18-9-5-6-10-20-18/h2-10,16H,11-15H2,1H3/t16-/m1/s1. The zero-order valence-electron chi connectivity index (χ0n) is 14.8. The molecule has 0 unspecified atom stereocenters. The maximum atomic E-state index is 12.8. The van der Waals surface area contributed by atoms with Gasteiger partial charge in [0.05, 0.1) is 6.26 Å². The maximum absolute atomic E-state index is 12.8. The summed E-state index contributed by atoms with van der Waals surface area (Å²) in [5, 5.41) is 0. The van der Waals surface area contributed by atoms with Crippen LogP contribution in [0.1, 0.15) is 16.1 Å². The minimum absolute atomic E-state index is 0.00483. The summed E-state index contributed by atoms with van der Waals surface area (Å²) in [6, 6.07) is 14.8. The lowest BCUT2D eigenvalue weighted by molar-refractivity contribution is 0.0746. The van der Waals surface area contributed by atoms with Crippen molar-refractivity contribution >= 4 is 15.9 Å². The average molecular weight is 373 g/mol. The van der Waals surface area contributed by atoms with E-state index in [9.17, 15) is 13.2 Å². The molecular weight excluding hydrogens is 350 g/mol. The Hall–Kier alpha value is -2.25. The molecule has 2 aromatic rings. The molecule has 26 heavy (non-hydrogen) atoms. The number of hydrogen-bond donors (Lipinski definition) is 0. The first-order valence-electron chi connectivity index (χ1n) is 8.63. The fraction of sp³-hybridized carbons (Fsp3) is 0.368. The quantitative estimate of drug-likeness (QED) is 0.817. The molecule has 1 aliphatic heterocycles. The molecule has 1 amide bonds. The van der Waals surface area contributed by atoms with Crippen LogP contribution in [0.25, 0.3) is 0 Å². The molecule has 1 aromatic heterocycles. The van der Waals surface area contributed by atoms with Gasteiger partial charge in [-0.15, -0.1) is 0 Å². The molecule has 3 rings (SSSR count). The zero-order valence-corrected chi connectivity index (χ0v) is 15.6. The van der Waals surface area contributed by atoms with Crippen LogP contribution in [0.3, 0.4) is 0 Å². The molecular formula is C19H23N3O3S. The Kier molecular flexibility index (Phi) is 5.68. The van der Waals surface area contributed by atoms with Crippen molar-refractivity contribution in [3.05, 3.63) is 66.0 Å². The van der Waals surface area contributed by atoms with E-state index in [4.69, 9.17) is 0 Å². The predicted molar refractivity (Wildman–Crippen MR) is 100 cm³/mol. The van der Waals surface area contributed by atoms with E-state index in [0.29, 0.717) is 38.2 Å². The molecule has 138 valence electrons. The molecule has 0 N–H and O–H groups in total. The summed E-state index contributed by atoms with van der Waals surface area (Å²) >= 11 is 0. The first kappa shape index (κ1) is 18.5. The average Bonchev–Trinajstić information content (AvgIpc) is 2.85. The van der Waals surface area contributed by atoms with Gasteiger partial charge in [-0.2, -0.15) is 0 Å². The predicted octanol–water partition coefficient (Wildman–Crippen LogP) is 1.66. The van der Waals surface area contributed by atoms with Crippen molar-refractivity contribution in [2.75, 3.05) is 32.4 Å². The lowest BCUT2D eigenvalue weighted by Gasteiger charge is -2.24. The fourth-order valence-corrected chi connectivity index (χ4v) is 4.16. The summed E-state index contributed by atoms with van der Waals surface area (Å²) in [6.45, 7) is 1.61. The molecule has 1 saturated heterocycles. The lowest BCUT2D eigenvalue weighted by Crippen LogP contribution is -2.37. The van der Waals surface area contributed by atoms with Crippen LogP contribution in [-0.2, 0) is 16.4 Å². The number of aromatic nitrogens is 1. The van der Waals surface area contributed by atoms with Gasteiger partial charge >= 0.3 is 0 Å². The third-order valence-corrected chi connectivity index (χ3v) is 5.83. The lowest BCUT2D eigenvalue weighted by atomic mass is 10.0. The van der Waals surface area contributed by atoms with E-state index < -0.39 is 10.0 Å². The maximum Gasteiger partial charge on any atom is 0.253 e. The largest absolute Gasteiger partial charge is 0.337 e. The highest BCUT2D eigenvalue weighted by molar-refractivity contribution is 7.88. The molecule has 0 radical (unpaired) electrons. The van der Waals surface area contributed by atoms with Gasteiger partial charge in [0.1, 0.15) is 0 Å². The van der Waals surface area contributed by atoms with Crippen molar-refractivity contribution in [2.24, 2.45) is 5.92 Å². The second-order valence-electron chi connectivity index (χ2n) is 6.63. The van der Waals surface area contributed by atoms with Crippen molar-refractivity contribution in [1.82, 2.24) is 14.2 Å². The van der Waals surface area contributed by atoms with Gasteiger partial charge in [0.15, 0.2) is 0 Å². The van der Waals surface area contributed by atoms with E-state index in [1.165, 1.54) is 10.6 Å². The Morgan fingerprint density at radius 2 is 1.81 bits per heavy atom. The van der Waals surface area contributed by atoms with Gasteiger partial charge in [-0.1, -0.05) is 24.3 Å². The van der Waals surface area contributed by atoms with Crippen LogP contribution in [0.4, 0.5) is 0 Å². The van der Waals surface area contributed by atoms with E-state index in [-0.39, 0.29) is 11.8 Å². The summed E-state index contributed by atoms with van der Waals surface area (Å²) in [7, 11) is -3.31. The van der Waals surface area contributed by atoms with E-state index in [1.54, 1.807) is 23.2 Å². The van der Waals surface area contributed by atoms with Crippen molar-refractivity contribution in [3.63, 3.8) is 0 Å². The van der Waals surface area contributed by atoms with Crippen molar-refractivity contribution in [1.29, 1.82) is 0 Å². The molecule has 0 spiro atoms. The second-order valence-corrected chi connectivity index (χ2v) is 8.61. The van der Waals surface area contributed by atoms with Crippen LogP contribution in [0.2, 0.25) is 0 Å². The highest BCUT2D eigenvalue weighted by atomic mass is 32.2. The van der Waals surface area contributed by atoms with E-state index in [2.05, 4.69) is 4.98 Å². The normalized spacial score (nSPS) is 19.1. The molecule has 2 heterocycles.